The summed E-state index contributed by atoms with van der Waals surface area (Å²) >= 11 is 4.36. The minimum absolute atomic E-state index is 0.262. The van der Waals surface area contributed by atoms with Crippen LogP contribution in [0.3, 0.4) is 0 Å². The Morgan fingerprint density at radius 1 is 1.71 bits per heavy atom. The number of rotatable bonds is 2. The Morgan fingerprint density at radius 3 is 2.43 bits per heavy atom. The molecule has 0 atom stereocenters. The Morgan fingerprint density at radius 2 is 2.29 bits per heavy atom. The van der Waals surface area contributed by atoms with Crippen molar-refractivity contribution in [2.24, 2.45) is 0 Å². The van der Waals surface area contributed by atoms with Gasteiger partial charge in [0.15, 0.2) is 0 Å². The van der Waals surface area contributed by atoms with E-state index in [1.807, 2.05) is 4.08 Å². The molecule has 3 heteroatoms. The Bertz CT molecular complexity index is 70.1. The highest BCUT2D eigenvalue weighted by molar-refractivity contribution is 14.1. The van der Waals surface area contributed by atoms with Gasteiger partial charge in [0.2, 0.25) is 0 Å². The summed E-state index contributed by atoms with van der Waals surface area (Å²) in [5, 5.41) is 8.32. The Kier molecular flexibility index (Phi) is 6.18. The van der Waals surface area contributed by atoms with Gasteiger partial charge in [0, 0.05) is 13.0 Å². The van der Waals surface area contributed by atoms with Gasteiger partial charge in [-0.25, -0.2) is 0 Å². The third kappa shape index (κ3) is 5.02. The van der Waals surface area contributed by atoms with Crippen LogP contribution in [0.1, 0.15) is 6.42 Å². The molecule has 0 aromatic carbocycles. The van der Waals surface area contributed by atoms with E-state index in [0.29, 0.717) is 0 Å². The highest BCUT2D eigenvalue weighted by atomic mass is 127. The quantitative estimate of drug-likeness (QED) is 0.771. The summed E-state index contributed by atoms with van der Waals surface area (Å²) < 4.78 is 3.18. The summed E-state index contributed by atoms with van der Waals surface area (Å²) in [6.45, 7) is 0.262. The van der Waals surface area contributed by atoms with Gasteiger partial charge in [0.1, 0.15) is 0 Å². The Labute approximate surface area is 70.5 Å². The van der Waals surface area contributed by atoms with Gasteiger partial charge < -0.3 is 5.11 Å². The molecule has 0 heterocycles. The summed E-state index contributed by atoms with van der Waals surface area (Å²) in [7, 11) is 0. The molecule has 0 amide bonds. The predicted octanol–water partition coefficient (Wildman–Crippen LogP) is 2.08. The standard InChI is InChI=1S/C4H6I2O/c5-3-4(6)1-2-7/h3,7H,1-2H2/b4-3+. The van der Waals surface area contributed by atoms with Crippen LogP contribution in [0.5, 0.6) is 0 Å². The number of halogens is 2. The molecule has 0 aromatic rings. The van der Waals surface area contributed by atoms with Crippen molar-refractivity contribution >= 4 is 45.2 Å². The molecule has 0 bridgehead atoms. The third-order valence-electron chi connectivity index (χ3n) is 0.469. The molecule has 0 aromatic heterocycles. The number of aliphatic hydroxyl groups excluding tert-OH is 1. The van der Waals surface area contributed by atoms with Crippen molar-refractivity contribution in [1.29, 1.82) is 0 Å². The van der Waals surface area contributed by atoms with Crippen molar-refractivity contribution in [3.8, 4) is 0 Å². The zero-order valence-electron chi connectivity index (χ0n) is 3.69. The van der Waals surface area contributed by atoms with Crippen LogP contribution in [0.2, 0.25) is 0 Å². The Hall–Kier alpha value is 1.16. The first kappa shape index (κ1) is 8.16. The van der Waals surface area contributed by atoms with Gasteiger partial charge in [0.25, 0.3) is 0 Å². The predicted molar refractivity (Wildman–Crippen MR) is 47.8 cm³/mol. The fraction of sp³-hybridized carbons (Fsp3) is 0.500. The van der Waals surface area contributed by atoms with E-state index >= 15 is 0 Å². The van der Waals surface area contributed by atoms with Gasteiger partial charge in [-0.05, 0) is 30.3 Å². The minimum atomic E-state index is 0.262. The fourth-order valence-electron chi connectivity index (χ4n) is 0.161. The van der Waals surface area contributed by atoms with Gasteiger partial charge in [-0.2, -0.15) is 0 Å². The van der Waals surface area contributed by atoms with Crippen LogP contribution in [0, 0.1) is 0 Å². The van der Waals surface area contributed by atoms with Crippen LogP contribution in [-0.2, 0) is 0 Å². The normalized spacial score (nSPS) is 12.1. The molecule has 0 fully saturated rings. The van der Waals surface area contributed by atoms with Crippen LogP contribution in [0.4, 0.5) is 0 Å². The maximum absolute atomic E-state index is 8.32. The zero-order chi connectivity index (χ0) is 5.70. The molecular weight excluding hydrogens is 318 g/mol. The van der Waals surface area contributed by atoms with Crippen LogP contribution in [0.15, 0.2) is 7.66 Å². The van der Waals surface area contributed by atoms with Crippen molar-refractivity contribution in [2.45, 2.75) is 6.42 Å². The SMILES string of the molecule is OCC/C(I)=C\I. The average Bonchev–Trinajstić information content (AvgIpc) is 1.68. The molecular formula is C4H6I2O. The van der Waals surface area contributed by atoms with Crippen LogP contribution in [-0.4, -0.2) is 11.7 Å². The number of hydrogen-bond donors (Lipinski definition) is 1. The lowest BCUT2D eigenvalue weighted by molar-refractivity contribution is 0.302. The van der Waals surface area contributed by atoms with Crippen molar-refractivity contribution in [2.75, 3.05) is 6.61 Å². The lowest BCUT2D eigenvalue weighted by atomic mass is 10.5. The molecule has 0 spiro atoms. The molecule has 0 unspecified atom stereocenters. The molecule has 42 valence electrons. The van der Waals surface area contributed by atoms with E-state index in [0.717, 1.165) is 6.42 Å². The first-order valence-corrected chi connectivity index (χ1v) is 4.19. The molecule has 0 aliphatic heterocycles. The minimum Gasteiger partial charge on any atom is -0.396 e. The van der Waals surface area contributed by atoms with Gasteiger partial charge in [-0.1, -0.05) is 22.6 Å². The van der Waals surface area contributed by atoms with Crippen molar-refractivity contribution in [3.63, 3.8) is 0 Å². The molecule has 0 saturated carbocycles. The van der Waals surface area contributed by atoms with E-state index in [9.17, 15) is 0 Å². The molecule has 0 saturated heterocycles. The topological polar surface area (TPSA) is 20.2 Å². The molecule has 0 radical (unpaired) electrons. The molecule has 0 rings (SSSR count). The molecule has 1 nitrogen and oxygen atoms in total. The number of aliphatic hydroxyl groups is 1. The fourth-order valence-corrected chi connectivity index (χ4v) is 0.714. The molecule has 7 heavy (non-hydrogen) atoms. The summed E-state index contributed by atoms with van der Waals surface area (Å²) in [4.78, 5) is 0. The van der Waals surface area contributed by atoms with Gasteiger partial charge >= 0.3 is 0 Å². The molecule has 0 aliphatic carbocycles. The molecule has 1 N–H and O–H groups in total. The monoisotopic (exact) mass is 324 g/mol. The summed E-state index contributed by atoms with van der Waals surface area (Å²) in [5.41, 5.74) is 0. The summed E-state index contributed by atoms with van der Waals surface area (Å²) in [6.07, 6.45) is 0.795. The van der Waals surface area contributed by atoms with Gasteiger partial charge in [0.05, 0.1) is 0 Å². The van der Waals surface area contributed by atoms with Gasteiger partial charge in [-0.15, -0.1) is 0 Å². The van der Waals surface area contributed by atoms with Crippen molar-refractivity contribution in [3.05, 3.63) is 7.66 Å². The lowest BCUT2D eigenvalue weighted by Gasteiger charge is -1.87. The second kappa shape index (κ2) is 5.30. The van der Waals surface area contributed by atoms with Crippen LogP contribution in [0.25, 0.3) is 0 Å². The highest BCUT2D eigenvalue weighted by Gasteiger charge is 1.84. The summed E-state index contributed by atoms with van der Waals surface area (Å²) in [6, 6.07) is 0. The van der Waals surface area contributed by atoms with E-state index in [2.05, 4.69) is 45.2 Å². The van der Waals surface area contributed by atoms with E-state index < -0.39 is 0 Å². The Balaban J connectivity index is 3.17. The molecule has 0 aliphatic rings. The van der Waals surface area contributed by atoms with Gasteiger partial charge in [-0.3, -0.25) is 0 Å². The maximum atomic E-state index is 8.32. The second-order valence-electron chi connectivity index (χ2n) is 1.03. The lowest BCUT2D eigenvalue weighted by Crippen LogP contribution is -1.78. The second-order valence-corrected chi connectivity index (χ2v) is 3.04. The van der Waals surface area contributed by atoms with E-state index in [-0.39, 0.29) is 6.61 Å². The van der Waals surface area contributed by atoms with Crippen LogP contribution >= 0.6 is 45.2 Å². The highest BCUT2D eigenvalue weighted by Crippen LogP contribution is 2.11. The first-order chi connectivity index (χ1) is 3.31. The average molecular weight is 324 g/mol. The van der Waals surface area contributed by atoms with Crippen molar-refractivity contribution in [1.82, 2.24) is 0 Å². The third-order valence-corrected chi connectivity index (χ3v) is 3.26. The number of hydrogen-bond acceptors (Lipinski definition) is 1. The largest absolute Gasteiger partial charge is 0.396 e. The summed E-state index contributed by atoms with van der Waals surface area (Å²) in [5.74, 6) is 0. The zero-order valence-corrected chi connectivity index (χ0v) is 8.01. The van der Waals surface area contributed by atoms with E-state index in [1.54, 1.807) is 0 Å². The first-order valence-electron chi connectivity index (χ1n) is 1.87. The van der Waals surface area contributed by atoms with Crippen molar-refractivity contribution < 1.29 is 5.11 Å². The smallest absolute Gasteiger partial charge is 0.0476 e. The van der Waals surface area contributed by atoms with E-state index in [4.69, 9.17) is 5.11 Å². The maximum Gasteiger partial charge on any atom is 0.0476 e. The van der Waals surface area contributed by atoms with Crippen LogP contribution < -0.4 is 0 Å². The van der Waals surface area contributed by atoms with E-state index in [1.165, 1.54) is 3.58 Å².